The Morgan fingerprint density at radius 1 is 0.902 bits per heavy atom. The number of rotatable bonds is 7. The van der Waals surface area contributed by atoms with Gasteiger partial charge in [0.15, 0.2) is 0 Å². The number of ether oxygens (including phenoxy) is 1. The maximum atomic E-state index is 13.8. The van der Waals surface area contributed by atoms with E-state index in [0.717, 1.165) is 15.7 Å². The summed E-state index contributed by atoms with van der Waals surface area (Å²) in [4.78, 5) is 27.0. The molecule has 0 bridgehead atoms. The first kappa shape index (κ1) is 27.8. The molecule has 9 heteroatoms. The highest BCUT2D eigenvalue weighted by molar-refractivity contribution is 9.10. The number of benzene rings is 4. The minimum absolute atomic E-state index is 0.195. The molecule has 4 aromatic carbocycles. The summed E-state index contributed by atoms with van der Waals surface area (Å²) in [5, 5.41) is 7.76. The molecule has 0 aliphatic carbocycles. The number of carbonyl (C=O) groups excluding carboxylic acids is 2. The monoisotopic (exact) mass is 612 g/mol. The van der Waals surface area contributed by atoms with E-state index in [2.05, 4.69) is 21.2 Å². The molecule has 0 fully saturated rings. The molecule has 0 aliphatic rings. The van der Waals surface area contributed by atoms with Crippen LogP contribution in [0.3, 0.4) is 0 Å². The molecule has 0 spiro atoms. The van der Waals surface area contributed by atoms with Gasteiger partial charge in [-0.3, -0.25) is 9.59 Å². The molecule has 1 aromatic heterocycles. The maximum absolute atomic E-state index is 13.8. The van der Waals surface area contributed by atoms with Crippen LogP contribution >= 0.6 is 15.9 Å². The Balaban J connectivity index is 1.63. The van der Waals surface area contributed by atoms with Gasteiger partial charge in [0.1, 0.15) is 11.5 Å². The second-order valence-electron chi connectivity index (χ2n) is 9.50. The van der Waals surface area contributed by atoms with Gasteiger partial charge in [-0.05, 0) is 72.3 Å². The van der Waals surface area contributed by atoms with Crippen LogP contribution in [0.25, 0.3) is 28.1 Å². The van der Waals surface area contributed by atoms with Crippen LogP contribution in [0.1, 0.15) is 17.3 Å². The molecule has 0 radical (unpaired) electrons. The van der Waals surface area contributed by atoms with Gasteiger partial charge < -0.3 is 15.0 Å². The highest BCUT2D eigenvalue weighted by Gasteiger charge is 2.25. The van der Waals surface area contributed by atoms with Gasteiger partial charge in [-0.15, -0.1) is 0 Å². The van der Waals surface area contributed by atoms with Crippen molar-refractivity contribution < 1.29 is 18.7 Å². The number of esters is 1. The Hall–Kier alpha value is -4.76. The molecule has 206 valence electrons. The van der Waals surface area contributed by atoms with E-state index in [1.54, 1.807) is 42.5 Å². The van der Waals surface area contributed by atoms with Crippen molar-refractivity contribution in [1.29, 1.82) is 0 Å². The lowest BCUT2D eigenvalue weighted by Crippen LogP contribution is -2.11. The van der Waals surface area contributed by atoms with E-state index in [9.17, 15) is 14.0 Å². The zero-order valence-corrected chi connectivity index (χ0v) is 24.1. The van der Waals surface area contributed by atoms with Gasteiger partial charge in [-0.25, -0.2) is 4.39 Å². The van der Waals surface area contributed by atoms with E-state index in [0.29, 0.717) is 33.8 Å². The normalized spacial score (nSPS) is 10.8. The van der Waals surface area contributed by atoms with E-state index in [1.807, 2.05) is 61.5 Å². The number of anilines is 2. The number of hydrogen-bond acceptors (Lipinski definition) is 5. The lowest BCUT2D eigenvalue weighted by Gasteiger charge is -2.14. The standard InChI is InChI=1S/C32H26BrFN4O3/c1-20(39)41-32-29(21-10-14-26(15-11-21)35-31(40)23-7-4-8-24(33)18-23)30(22-6-5-9-28(19-22)37(2)3)36-38(32)27-16-12-25(34)13-17-27/h4-19H,1-3H3,(H,35,40). The van der Waals surface area contributed by atoms with Crippen molar-refractivity contribution in [1.82, 2.24) is 9.78 Å². The number of halogens is 2. The number of nitrogens with zero attached hydrogens (tertiary/aromatic N) is 3. The van der Waals surface area contributed by atoms with Crippen molar-refractivity contribution in [2.24, 2.45) is 0 Å². The molecule has 5 aromatic rings. The summed E-state index contributed by atoms with van der Waals surface area (Å²) in [5.74, 6) is -0.971. The first-order valence-electron chi connectivity index (χ1n) is 12.7. The average Bonchev–Trinajstić information content (AvgIpc) is 3.32. The van der Waals surface area contributed by atoms with Crippen molar-refractivity contribution in [3.63, 3.8) is 0 Å². The minimum atomic E-state index is -0.527. The summed E-state index contributed by atoms with van der Waals surface area (Å²) in [6.07, 6.45) is 0. The molecule has 0 atom stereocenters. The van der Waals surface area contributed by atoms with E-state index in [1.165, 1.54) is 23.7 Å². The maximum Gasteiger partial charge on any atom is 0.309 e. The SMILES string of the molecule is CC(=O)Oc1c(-c2ccc(NC(=O)c3cccc(Br)c3)cc2)c(-c2cccc(N(C)C)c2)nn1-c1ccc(F)cc1. The Morgan fingerprint density at radius 2 is 1.61 bits per heavy atom. The first-order chi connectivity index (χ1) is 19.7. The summed E-state index contributed by atoms with van der Waals surface area (Å²) in [5.41, 5.74) is 5.25. The summed E-state index contributed by atoms with van der Waals surface area (Å²) in [7, 11) is 3.89. The van der Waals surface area contributed by atoms with Crippen LogP contribution in [0.15, 0.2) is 102 Å². The Kier molecular flexibility index (Phi) is 7.98. The minimum Gasteiger partial charge on any atom is -0.407 e. The zero-order valence-electron chi connectivity index (χ0n) is 22.6. The third kappa shape index (κ3) is 6.20. The van der Waals surface area contributed by atoms with E-state index < -0.39 is 11.8 Å². The fraction of sp³-hybridized carbons (Fsp3) is 0.0938. The Morgan fingerprint density at radius 3 is 2.27 bits per heavy atom. The molecule has 0 aliphatic heterocycles. The van der Waals surface area contributed by atoms with Gasteiger partial charge in [-0.2, -0.15) is 9.78 Å². The average molecular weight is 613 g/mol. The number of aromatic nitrogens is 2. The predicted octanol–water partition coefficient (Wildman–Crippen LogP) is 7.35. The molecule has 41 heavy (non-hydrogen) atoms. The molecule has 1 heterocycles. The molecule has 1 N–H and O–H groups in total. The zero-order chi connectivity index (χ0) is 29.1. The summed E-state index contributed by atoms with van der Waals surface area (Å²) in [6.45, 7) is 1.32. The van der Waals surface area contributed by atoms with Crippen LogP contribution in [-0.2, 0) is 4.79 Å². The number of nitrogens with one attached hydrogen (secondary N) is 1. The smallest absolute Gasteiger partial charge is 0.309 e. The third-order valence-electron chi connectivity index (χ3n) is 6.31. The quantitative estimate of drug-likeness (QED) is 0.194. The van der Waals surface area contributed by atoms with Crippen molar-refractivity contribution in [3.05, 3.63) is 113 Å². The number of hydrogen-bond donors (Lipinski definition) is 1. The highest BCUT2D eigenvalue weighted by Crippen LogP contribution is 2.42. The number of carbonyl (C=O) groups is 2. The van der Waals surface area contributed by atoms with Gasteiger partial charge in [0, 0.05) is 48.0 Å². The van der Waals surface area contributed by atoms with Gasteiger partial charge in [0.05, 0.1) is 11.3 Å². The summed E-state index contributed by atoms with van der Waals surface area (Å²) < 4.78 is 21.8. The molecule has 7 nitrogen and oxygen atoms in total. The van der Waals surface area contributed by atoms with Crippen molar-refractivity contribution in [2.75, 3.05) is 24.3 Å². The van der Waals surface area contributed by atoms with Crippen molar-refractivity contribution >= 4 is 39.2 Å². The van der Waals surface area contributed by atoms with Crippen LogP contribution in [0.4, 0.5) is 15.8 Å². The van der Waals surface area contributed by atoms with Gasteiger partial charge in [-0.1, -0.05) is 46.3 Å². The topological polar surface area (TPSA) is 76.5 Å². The van der Waals surface area contributed by atoms with Crippen LogP contribution in [-0.4, -0.2) is 35.8 Å². The molecular weight excluding hydrogens is 587 g/mol. The summed E-state index contributed by atoms with van der Waals surface area (Å²) in [6, 6.07) is 27.9. The second kappa shape index (κ2) is 11.8. The third-order valence-corrected chi connectivity index (χ3v) is 6.80. The lowest BCUT2D eigenvalue weighted by atomic mass is 10.0. The Labute approximate surface area is 245 Å². The number of amides is 1. The second-order valence-corrected chi connectivity index (χ2v) is 10.4. The van der Waals surface area contributed by atoms with E-state index >= 15 is 0 Å². The predicted molar refractivity (Wildman–Crippen MR) is 162 cm³/mol. The van der Waals surface area contributed by atoms with Crippen molar-refractivity contribution in [2.45, 2.75) is 6.92 Å². The van der Waals surface area contributed by atoms with Gasteiger partial charge >= 0.3 is 5.97 Å². The van der Waals surface area contributed by atoms with Crippen molar-refractivity contribution in [3.8, 4) is 34.0 Å². The van der Waals surface area contributed by atoms with Gasteiger partial charge in [0.2, 0.25) is 5.88 Å². The molecule has 0 saturated carbocycles. The first-order valence-corrected chi connectivity index (χ1v) is 13.5. The van der Waals surface area contributed by atoms with E-state index in [4.69, 9.17) is 9.84 Å². The molecule has 0 unspecified atom stereocenters. The van der Waals surface area contributed by atoms with Crippen LogP contribution in [0.5, 0.6) is 5.88 Å². The van der Waals surface area contributed by atoms with Crippen LogP contribution in [0, 0.1) is 5.82 Å². The fourth-order valence-electron chi connectivity index (χ4n) is 4.34. The largest absolute Gasteiger partial charge is 0.407 e. The molecule has 0 saturated heterocycles. The van der Waals surface area contributed by atoms with Gasteiger partial charge in [0.25, 0.3) is 5.91 Å². The highest BCUT2D eigenvalue weighted by atomic mass is 79.9. The Bertz CT molecular complexity index is 1730. The van der Waals surface area contributed by atoms with Crippen LogP contribution < -0.4 is 15.0 Å². The van der Waals surface area contributed by atoms with Crippen LogP contribution in [0.2, 0.25) is 0 Å². The molecular formula is C32H26BrFN4O3. The molecule has 5 rings (SSSR count). The fourth-order valence-corrected chi connectivity index (χ4v) is 4.74. The molecule has 1 amide bonds. The van der Waals surface area contributed by atoms with E-state index in [-0.39, 0.29) is 11.8 Å². The summed E-state index contributed by atoms with van der Waals surface area (Å²) >= 11 is 3.39. The lowest BCUT2D eigenvalue weighted by molar-refractivity contribution is -0.132.